The lowest BCUT2D eigenvalue weighted by Crippen LogP contribution is -2.49. The topological polar surface area (TPSA) is 64.3 Å². The van der Waals surface area contributed by atoms with Crippen molar-refractivity contribution >= 4 is 5.97 Å². The predicted octanol–water partition coefficient (Wildman–Crippen LogP) is 1.41. The standard InChI is InChI=1S/C13H14N2O2/c1-9(7-14)15-8-11-5-3-2-4-10(11)6-12(15)13(16)17/h2-5,9,12H,6,8H2,1H3,(H,16,17). The van der Waals surface area contributed by atoms with E-state index in [0.717, 1.165) is 11.1 Å². The molecule has 0 aromatic heterocycles. The molecule has 88 valence electrons. The highest BCUT2D eigenvalue weighted by Gasteiger charge is 2.33. The Hall–Kier alpha value is -1.86. The van der Waals surface area contributed by atoms with Crippen molar-refractivity contribution in [2.75, 3.05) is 0 Å². The van der Waals surface area contributed by atoms with E-state index >= 15 is 0 Å². The molecule has 1 aliphatic heterocycles. The van der Waals surface area contributed by atoms with Crippen molar-refractivity contribution in [3.63, 3.8) is 0 Å². The Bertz CT molecular complexity index is 479. The molecule has 17 heavy (non-hydrogen) atoms. The third-order valence-electron chi connectivity index (χ3n) is 3.25. The second-order valence-corrected chi connectivity index (χ2v) is 4.30. The summed E-state index contributed by atoms with van der Waals surface area (Å²) < 4.78 is 0. The van der Waals surface area contributed by atoms with Crippen LogP contribution >= 0.6 is 0 Å². The van der Waals surface area contributed by atoms with Crippen LogP contribution in [0.4, 0.5) is 0 Å². The van der Waals surface area contributed by atoms with Gasteiger partial charge in [0.15, 0.2) is 0 Å². The zero-order chi connectivity index (χ0) is 12.4. The summed E-state index contributed by atoms with van der Waals surface area (Å²) in [6.07, 6.45) is 0.470. The maximum Gasteiger partial charge on any atom is 0.321 e. The normalized spacial score (nSPS) is 21.3. The van der Waals surface area contributed by atoms with Crippen LogP contribution in [0.2, 0.25) is 0 Å². The van der Waals surface area contributed by atoms with Crippen LogP contribution in [0.5, 0.6) is 0 Å². The van der Waals surface area contributed by atoms with Crippen molar-refractivity contribution in [3.8, 4) is 6.07 Å². The number of aliphatic carboxylic acids is 1. The summed E-state index contributed by atoms with van der Waals surface area (Å²) in [5, 5.41) is 18.2. The van der Waals surface area contributed by atoms with E-state index in [0.29, 0.717) is 13.0 Å². The molecule has 1 N–H and O–H groups in total. The van der Waals surface area contributed by atoms with Crippen LogP contribution in [0.3, 0.4) is 0 Å². The van der Waals surface area contributed by atoms with E-state index < -0.39 is 12.0 Å². The summed E-state index contributed by atoms with van der Waals surface area (Å²) >= 11 is 0. The first-order valence-electron chi connectivity index (χ1n) is 5.58. The molecule has 4 nitrogen and oxygen atoms in total. The van der Waals surface area contributed by atoms with E-state index in [-0.39, 0.29) is 6.04 Å². The smallest absolute Gasteiger partial charge is 0.321 e. The molecule has 0 aliphatic carbocycles. The molecule has 2 unspecified atom stereocenters. The number of carbonyl (C=O) groups is 1. The van der Waals surface area contributed by atoms with E-state index in [1.165, 1.54) is 0 Å². The van der Waals surface area contributed by atoms with Gasteiger partial charge < -0.3 is 5.11 Å². The Labute approximate surface area is 100 Å². The van der Waals surface area contributed by atoms with Gasteiger partial charge in [-0.25, -0.2) is 0 Å². The van der Waals surface area contributed by atoms with Gasteiger partial charge in [0.25, 0.3) is 0 Å². The highest BCUT2D eigenvalue weighted by atomic mass is 16.4. The molecule has 1 aliphatic rings. The first-order valence-corrected chi connectivity index (χ1v) is 5.58. The van der Waals surface area contributed by atoms with E-state index in [9.17, 15) is 9.90 Å². The molecular formula is C13H14N2O2. The average molecular weight is 230 g/mol. The number of carboxylic acid groups (broad SMARTS) is 1. The third-order valence-corrected chi connectivity index (χ3v) is 3.25. The quantitative estimate of drug-likeness (QED) is 0.834. The van der Waals surface area contributed by atoms with Crippen LogP contribution in [0.25, 0.3) is 0 Å². The fourth-order valence-corrected chi connectivity index (χ4v) is 2.25. The number of benzene rings is 1. The molecule has 0 saturated heterocycles. The number of nitriles is 1. The second-order valence-electron chi connectivity index (χ2n) is 4.30. The molecule has 0 bridgehead atoms. The van der Waals surface area contributed by atoms with Gasteiger partial charge >= 0.3 is 5.97 Å². The third kappa shape index (κ3) is 2.15. The minimum atomic E-state index is -0.860. The molecule has 2 rings (SSSR count). The lowest BCUT2D eigenvalue weighted by Gasteiger charge is -2.35. The van der Waals surface area contributed by atoms with Crippen LogP contribution in [0, 0.1) is 11.3 Å². The monoisotopic (exact) mass is 230 g/mol. The van der Waals surface area contributed by atoms with Crippen molar-refractivity contribution < 1.29 is 9.90 Å². The summed E-state index contributed by atoms with van der Waals surface area (Å²) in [5.74, 6) is -0.860. The summed E-state index contributed by atoms with van der Waals surface area (Å²) in [4.78, 5) is 13.0. The molecule has 0 amide bonds. The number of rotatable bonds is 2. The number of fused-ring (bicyclic) bond motifs is 1. The zero-order valence-electron chi connectivity index (χ0n) is 9.63. The molecule has 1 aromatic carbocycles. The van der Waals surface area contributed by atoms with Crippen molar-refractivity contribution in [2.45, 2.75) is 32.0 Å². The summed E-state index contributed by atoms with van der Waals surface area (Å²) in [7, 11) is 0. The number of hydrogen-bond acceptors (Lipinski definition) is 3. The first kappa shape index (κ1) is 11.6. The largest absolute Gasteiger partial charge is 0.480 e. The lowest BCUT2D eigenvalue weighted by atomic mass is 9.93. The van der Waals surface area contributed by atoms with Crippen molar-refractivity contribution in [2.24, 2.45) is 0 Å². The first-order chi connectivity index (χ1) is 8.13. The summed E-state index contributed by atoms with van der Waals surface area (Å²) in [6.45, 7) is 2.27. The van der Waals surface area contributed by atoms with E-state index in [4.69, 9.17) is 5.26 Å². The molecule has 2 atom stereocenters. The molecule has 0 saturated carbocycles. The molecule has 0 radical (unpaired) electrons. The zero-order valence-corrected chi connectivity index (χ0v) is 9.63. The van der Waals surface area contributed by atoms with Crippen molar-refractivity contribution in [3.05, 3.63) is 35.4 Å². The van der Waals surface area contributed by atoms with E-state index in [2.05, 4.69) is 6.07 Å². The second kappa shape index (κ2) is 4.56. The lowest BCUT2D eigenvalue weighted by molar-refractivity contribution is -0.144. The Kier molecular flexibility index (Phi) is 3.12. The van der Waals surface area contributed by atoms with Crippen LogP contribution in [-0.2, 0) is 17.8 Å². The molecular weight excluding hydrogens is 216 g/mol. The van der Waals surface area contributed by atoms with Crippen LogP contribution < -0.4 is 0 Å². The summed E-state index contributed by atoms with van der Waals surface area (Å²) in [5.41, 5.74) is 2.19. The van der Waals surface area contributed by atoms with Crippen LogP contribution in [0.1, 0.15) is 18.1 Å². The van der Waals surface area contributed by atoms with Crippen LogP contribution in [0.15, 0.2) is 24.3 Å². The molecule has 0 fully saturated rings. The van der Waals surface area contributed by atoms with Crippen molar-refractivity contribution in [1.29, 1.82) is 5.26 Å². The van der Waals surface area contributed by atoms with Gasteiger partial charge in [-0.2, -0.15) is 5.26 Å². The van der Waals surface area contributed by atoms with Gasteiger partial charge in [0.05, 0.1) is 12.1 Å². The fourth-order valence-electron chi connectivity index (χ4n) is 2.25. The van der Waals surface area contributed by atoms with Gasteiger partial charge in [0.1, 0.15) is 6.04 Å². The molecule has 4 heteroatoms. The number of hydrogen-bond donors (Lipinski definition) is 1. The molecule has 1 heterocycles. The Balaban J connectivity index is 2.35. The van der Waals surface area contributed by atoms with Gasteiger partial charge in [-0.15, -0.1) is 0 Å². The highest BCUT2D eigenvalue weighted by Crippen LogP contribution is 2.25. The fraction of sp³-hybridized carbons (Fsp3) is 0.385. The predicted molar refractivity (Wildman–Crippen MR) is 62.2 cm³/mol. The van der Waals surface area contributed by atoms with Crippen molar-refractivity contribution in [1.82, 2.24) is 4.90 Å². The number of nitrogens with zero attached hydrogens (tertiary/aromatic N) is 2. The Morgan fingerprint density at radius 3 is 2.76 bits per heavy atom. The van der Waals surface area contributed by atoms with E-state index in [1.54, 1.807) is 11.8 Å². The van der Waals surface area contributed by atoms with Crippen LogP contribution in [-0.4, -0.2) is 28.1 Å². The van der Waals surface area contributed by atoms with E-state index in [1.807, 2.05) is 24.3 Å². The minimum Gasteiger partial charge on any atom is -0.480 e. The Morgan fingerprint density at radius 2 is 2.18 bits per heavy atom. The maximum atomic E-state index is 11.2. The summed E-state index contributed by atoms with van der Waals surface area (Å²) in [6, 6.07) is 8.94. The van der Waals surface area contributed by atoms with Gasteiger partial charge in [-0.1, -0.05) is 24.3 Å². The van der Waals surface area contributed by atoms with Gasteiger partial charge in [0.2, 0.25) is 0 Å². The average Bonchev–Trinajstić information content (AvgIpc) is 2.36. The maximum absolute atomic E-state index is 11.2. The number of carboxylic acids is 1. The molecule has 0 spiro atoms. The Morgan fingerprint density at radius 1 is 1.53 bits per heavy atom. The highest BCUT2D eigenvalue weighted by molar-refractivity contribution is 5.74. The molecule has 1 aromatic rings. The van der Waals surface area contributed by atoms with Gasteiger partial charge in [0, 0.05) is 6.54 Å². The minimum absolute atomic E-state index is 0.385. The SMILES string of the molecule is CC(C#N)N1Cc2ccccc2CC1C(=O)O. The van der Waals surface area contributed by atoms with Gasteiger partial charge in [-0.05, 0) is 24.5 Å². The van der Waals surface area contributed by atoms with Gasteiger partial charge in [-0.3, -0.25) is 9.69 Å².